The van der Waals surface area contributed by atoms with Gasteiger partial charge in [-0.3, -0.25) is 4.79 Å². The van der Waals surface area contributed by atoms with Crippen molar-refractivity contribution < 1.29 is 29.0 Å². The Hall–Kier alpha value is -3.39. The molecular weight excluding hydrogens is 448 g/mol. The van der Waals surface area contributed by atoms with Gasteiger partial charge in [0.1, 0.15) is 18.7 Å². The zero-order chi connectivity index (χ0) is 25.1. The molecule has 0 heterocycles. The molecule has 1 aliphatic rings. The number of ether oxygens (including phenoxy) is 2. The Kier molecular flexibility index (Phi) is 9.66. The fourth-order valence-corrected chi connectivity index (χ4v) is 4.40. The normalized spacial score (nSPS) is 16.7. The number of hydrogen-bond acceptors (Lipinski definition) is 6. The lowest BCUT2D eigenvalue weighted by Crippen LogP contribution is -2.62. The molecule has 1 fully saturated rings. The van der Waals surface area contributed by atoms with Crippen molar-refractivity contribution in [2.24, 2.45) is 0 Å². The molecule has 0 saturated heterocycles. The molecule has 2 amide bonds. The molecule has 1 aliphatic carbocycles. The standard InChI is InChI=1S/C27H34N2O6/c1-34-25(31)22(18-20-12-6-4-7-13-20)28-24(30)23(27(33)16-10-2-3-11-17-27)29-26(32)35-19-21-14-8-5-9-15-21/h4-9,12-15,22-23,33H,2-3,10-11,16-19H2,1H3,(H,28,30)(H,29,32)/t22-,23-/m0/s1. The van der Waals surface area contributed by atoms with Gasteiger partial charge in [0, 0.05) is 6.42 Å². The fraction of sp³-hybridized carbons (Fsp3) is 0.444. The second kappa shape index (κ2) is 12.9. The van der Waals surface area contributed by atoms with Crippen LogP contribution in [0.25, 0.3) is 0 Å². The van der Waals surface area contributed by atoms with Crippen LogP contribution in [0.2, 0.25) is 0 Å². The van der Waals surface area contributed by atoms with E-state index in [0.29, 0.717) is 12.8 Å². The van der Waals surface area contributed by atoms with Crippen molar-refractivity contribution in [1.82, 2.24) is 10.6 Å². The van der Waals surface area contributed by atoms with Crippen molar-refractivity contribution >= 4 is 18.0 Å². The van der Waals surface area contributed by atoms with Gasteiger partial charge >= 0.3 is 12.1 Å². The number of rotatable bonds is 9. The van der Waals surface area contributed by atoms with Gasteiger partial charge in [0.25, 0.3) is 0 Å². The van der Waals surface area contributed by atoms with Gasteiger partial charge in [-0.25, -0.2) is 9.59 Å². The van der Waals surface area contributed by atoms with E-state index in [4.69, 9.17) is 9.47 Å². The SMILES string of the molecule is COC(=O)[C@H](Cc1ccccc1)NC(=O)[C@H](NC(=O)OCc1ccccc1)C1(O)CCCCCC1. The van der Waals surface area contributed by atoms with Gasteiger partial charge in [0.15, 0.2) is 0 Å². The number of hydrogen-bond donors (Lipinski definition) is 3. The Bertz CT molecular complexity index is 958. The monoisotopic (exact) mass is 482 g/mol. The largest absolute Gasteiger partial charge is 0.467 e. The molecule has 0 aromatic heterocycles. The lowest BCUT2D eigenvalue weighted by Gasteiger charge is -2.35. The second-order valence-corrected chi connectivity index (χ2v) is 8.93. The van der Waals surface area contributed by atoms with Gasteiger partial charge in [-0.2, -0.15) is 0 Å². The van der Waals surface area contributed by atoms with Crippen molar-refractivity contribution in [1.29, 1.82) is 0 Å². The molecule has 3 N–H and O–H groups in total. The highest BCUT2D eigenvalue weighted by atomic mass is 16.5. The lowest BCUT2D eigenvalue weighted by molar-refractivity contribution is -0.146. The van der Waals surface area contributed by atoms with Crippen molar-refractivity contribution in [2.45, 2.75) is 69.2 Å². The summed E-state index contributed by atoms with van der Waals surface area (Å²) in [7, 11) is 1.25. The quantitative estimate of drug-likeness (QED) is 0.373. The molecule has 35 heavy (non-hydrogen) atoms. The Morgan fingerprint density at radius 1 is 0.886 bits per heavy atom. The zero-order valence-corrected chi connectivity index (χ0v) is 20.1. The molecule has 0 spiro atoms. The molecule has 0 unspecified atom stereocenters. The minimum atomic E-state index is -1.46. The maximum absolute atomic E-state index is 13.4. The van der Waals surface area contributed by atoms with Crippen LogP contribution in [0.5, 0.6) is 0 Å². The van der Waals surface area contributed by atoms with E-state index in [9.17, 15) is 19.5 Å². The van der Waals surface area contributed by atoms with Gasteiger partial charge in [0.2, 0.25) is 5.91 Å². The third-order valence-corrected chi connectivity index (χ3v) is 6.33. The minimum absolute atomic E-state index is 0.0260. The van der Waals surface area contributed by atoms with E-state index in [-0.39, 0.29) is 13.0 Å². The fourth-order valence-electron chi connectivity index (χ4n) is 4.40. The number of benzene rings is 2. The topological polar surface area (TPSA) is 114 Å². The van der Waals surface area contributed by atoms with Crippen molar-refractivity contribution in [3.05, 3.63) is 71.8 Å². The zero-order valence-electron chi connectivity index (χ0n) is 20.1. The Morgan fingerprint density at radius 2 is 1.46 bits per heavy atom. The first-order valence-electron chi connectivity index (χ1n) is 12.0. The molecule has 3 rings (SSSR count). The highest BCUT2D eigenvalue weighted by Gasteiger charge is 2.43. The van der Waals surface area contributed by atoms with Crippen LogP contribution in [0.3, 0.4) is 0 Å². The second-order valence-electron chi connectivity index (χ2n) is 8.93. The number of methoxy groups -OCH3 is 1. The smallest absolute Gasteiger partial charge is 0.408 e. The van der Waals surface area contributed by atoms with Crippen LogP contribution in [0.4, 0.5) is 4.79 Å². The molecule has 2 aromatic carbocycles. The van der Waals surface area contributed by atoms with Crippen LogP contribution in [0, 0.1) is 0 Å². The number of alkyl carbamates (subject to hydrolysis) is 1. The Labute approximate surface area is 206 Å². The van der Waals surface area contributed by atoms with Crippen LogP contribution in [-0.2, 0) is 32.1 Å². The van der Waals surface area contributed by atoms with E-state index in [2.05, 4.69) is 10.6 Å². The predicted molar refractivity (Wildman–Crippen MR) is 130 cm³/mol. The molecular formula is C27H34N2O6. The maximum atomic E-state index is 13.4. The Balaban J connectivity index is 1.76. The van der Waals surface area contributed by atoms with Gasteiger partial charge in [0.05, 0.1) is 12.7 Å². The van der Waals surface area contributed by atoms with Crippen molar-refractivity contribution in [2.75, 3.05) is 7.11 Å². The summed E-state index contributed by atoms with van der Waals surface area (Å²) in [4.78, 5) is 38.5. The van der Waals surface area contributed by atoms with Crippen LogP contribution >= 0.6 is 0 Å². The lowest BCUT2D eigenvalue weighted by atomic mass is 9.85. The summed E-state index contributed by atoms with van der Waals surface area (Å²) >= 11 is 0. The summed E-state index contributed by atoms with van der Waals surface area (Å²) in [5.74, 6) is -1.27. The molecule has 2 aromatic rings. The number of amides is 2. The van der Waals surface area contributed by atoms with Crippen LogP contribution in [0.1, 0.15) is 49.7 Å². The van der Waals surface area contributed by atoms with E-state index in [1.165, 1.54) is 7.11 Å². The van der Waals surface area contributed by atoms with Gasteiger partial charge in [-0.15, -0.1) is 0 Å². The first-order chi connectivity index (χ1) is 16.9. The summed E-state index contributed by atoms with van der Waals surface area (Å²) in [5.41, 5.74) is 0.174. The molecule has 1 saturated carbocycles. The summed E-state index contributed by atoms with van der Waals surface area (Å²) in [5, 5.41) is 16.7. The van der Waals surface area contributed by atoms with E-state index in [1.54, 1.807) is 0 Å². The van der Waals surface area contributed by atoms with Crippen LogP contribution < -0.4 is 10.6 Å². The average molecular weight is 483 g/mol. The molecule has 188 valence electrons. The molecule has 0 bridgehead atoms. The molecule has 8 heteroatoms. The number of nitrogens with one attached hydrogen (secondary N) is 2. The third kappa shape index (κ3) is 7.82. The number of esters is 1. The first-order valence-corrected chi connectivity index (χ1v) is 12.0. The first kappa shape index (κ1) is 26.2. The average Bonchev–Trinajstić information content (AvgIpc) is 3.11. The van der Waals surface area contributed by atoms with Gasteiger partial charge in [-0.05, 0) is 24.0 Å². The van der Waals surface area contributed by atoms with E-state index in [1.807, 2.05) is 60.7 Å². The van der Waals surface area contributed by atoms with E-state index < -0.39 is 35.7 Å². The van der Waals surface area contributed by atoms with E-state index in [0.717, 1.165) is 36.8 Å². The van der Waals surface area contributed by atoms with E-state index >= 15 is 0 Å². The van der Waals surface area contributed by atoms with Crippen molar-refractivity contribution in [3.8, 4) is 0 Å². The summed E-state index contributed by atoms with van der Waals surface area (Å²) < 4.78 is 10.2. The summed E-state index contributed by atoms with van der Waals surface area (Å²) in [6.07, 6.45) is 3.43. The van der Waals surface area contributed by atoms with Crippen molar-refractivity contribution in [3.63, 3.8) is 0 Å². The van der Waals surface area contributed by atoms with Gasteiger partial charge in [-0.1, -0.05) is 86.3 Å². The highest BCUT2D eigenvalue weighted by molar-refractivity contribution is 5.90. The highest BCUT2D eigenvalue weighted by Crippen LogP contribution is 2.30. The predicted octanol–water partition coefficient (Wildman–Crippen LogP) is 3.27. The Morgan fingerprint density at radius 3 is 2.03 bits per heavy atom. The van der Waals surface area contributed by atoms with Gasteiger partial charge < -0.3 is 25.2 Å². The maximum Gasteiger partial charge on any atom is 0.408 e. The summed E-state index contributed by atoms with van der Waals surface area (Å²) in [6, 6.07) is 16.1. The molecule has 0 aliphatic heterocycles. The number of carbonyl (C=O) groups excluding carboxylic acids is 3. The minimum Gasteiger partial charge on any atom is -0.467 e. The molecule has 2 atom stereocenters. The van der Waals surface area contributed by atoms with Crippen LogP contribution in [0.15, 0.2) is 60.7 Å². The molecule has 8 nitrogen and oxygen atoms in total. The molecule has 0 radical (unpaired) electrons. The summed E-state index contributed by atoms with van der Waals surface area (Å²) in [6.45, 7) is 0.0260. The third-order valence-electron chi connectivity index (χ3n) is 6.33. The number of aliphatic hydroxyl groups is 1. The number of carbonyl (C=O) groups is 3. The van der Waals surface area contributed by atoms with Crippen LogP contribution in [-0.4, -0.2) is 47.9 Å².